The van der Waals surface area contributed by atoms with Gasteiger partial charge in [-0.1, -0.05) is 152 Å². The fraction of sp³-hybridized carbons (Fsp3) is 0. The number of rotatable bonds is 8. The lowest BCUT2D eigenvalue weighted by molar-refractivity contribution is 0.628. The molecule has 61 heavy (non-hydrogen) atoms. The van der Waals surface area contributed by atoms with Crippen LogP contribution in [0, 0.1) is 5.82 Å². The zero-order valence-electron chi connectivity index (χ0n) is 33.3. The maximum Gasteiger partial charge on any atom is 0.123 e. The summed E-state index contributed by atoms with van der Waals surface area (Å²) in [5, 5.41) is 4.94. The van der Waals surface area contributed by atoms with E-state index in [0.717, 1.165) is 45.0 Å². The van der Waals surface area contributed by atoms with Crippen molar-refractivity contribution in [2.75, 3.05) is 4.90 Å². The number of benzene rings is 10. The van der Waals surface area contributed by atoms with Crippen LogP contribution < -0.4 is 4.90 Å². The molecule has 0 radical (unpaired) electrons. The molecule has 0 aliphatic rings. The van der Waals surface area contributed by atoms with Gasteiger partial charge >= 0.3 is 0 Å². The van der Waals surface area contributed by atoms with Gasteiger partial charge in [0, 0.05) is 33.5 Å². The molecule has 2 nitrogen and oxygen atoms in total. The number of hydrogen-bond donors (Lipinski definition) is 0. The van der Waals surface area contributed by atoms with Gasteiger partial charge in [-0.25, -0.2) is 4.39 Å². The summed E-state index contributed by atoms with van der Waals surface area (Å²) in [6.07, 6.45) is 0. The molecule has 0 aliphatic heterocycles. The molecule has 0 saturated heterocycles. The van der Waals surface area contributed by atoms with E-state index in [4.69, 9.17) is 0 Å². The normalized spacial score (nSPS) is 11.4. The summed E-state index contributed by atoms with van der Waals surface area (Å²) in [4.78, 5) is 2.33. The number of nitrogens with zero attached hydrogens (tertiary/aromatic N) is 2. The molecule has 288 valence electrons. The standard InChI is InChI=1S/C58H39FN2/c59-50-28-22-43(23-29-50)41-14-16-42(17-15-41)44-24-30-51(31-25-44)60(53-34-36-54(37-35-53)61-57-12-6-4-10-55(57)56-11-5-7-13-58(56)61)52-32-26-45(27-33-52)47-19-21-48-38-46(18-20-49(48)39-47)40-8-2-1-3-9-40/h1-39H. The second-order valence-corrected chi connectivity index (χ2v) is 15.5. The van der Waals surface area contributed by atoms with Gasteiger partial charge in [-0.2, -0.15) is 0 Å². The third-order valence-electron chi connectivity index (χ3n) is 11.9. The highest BCUT2D eigenvalue weighted by molar-refractivity contribution is 6.09. The molecule has 11 rings (SSSR count). The number of para-hydroxylation sites is 2. The molecular formula is C58H39FN2. The van der Waals surface area contributed by atoms with Crippen molar-refractivity contribution in [1.82, 2.24) is 4.57 Å². The van der Waals surface area contributed by atoms with Gasteiger partial charge in [0.25, 0.3) is 0 Å². The summed E-state index contributed by atoms with van der Waals surface area (Å²) in [6, 6.07) is 82.9. The van der Waals surface area contributed by atoms with E-state index >= 15 is 0 Å². The first-order valence-electron chi connectivity index (χ1n) is 20.7. The van der Waals surface area contributed by atoms with Crippen LogP contribution in [0.3, 0.4) is 0 Å². The molecule has 0 saturated carbocycles. The molecule has 1 heterocycles. The Hall–Kier alpha value is -8.01. The van der Waals surface area contributed by atoms with E-state index in [1.54, 1.807) is 0 Å². The Kier molecular flexibility index (Phi) is 9.05. The molecule has 0 aliphatic carbocycles. The van der Waals surface area contributed by atoms with Crippen molar-refractivity contribution in [3.05, 3.63) is 242 Å². The minimum absolute atomic E-state index is 0.229. The Labute approximate surface area is 354 Å². The maximum absolute atomic E-state index is 13.6. The van der Waals surface area contributed by atoms with Crippen molar-refractivity contribution in [2.45, 2.75) is 0 Å². The van der Waals surface area contributed by atoms with E-state index < -0.39 is 0 Å². The lowest BCUT2D eigenvalue weighted by atomic mass is 9.97. The Morgan fingerprint density at radius 1 is 0.295 bits per heavy atom. The van der Waals surface area contributed by atoms with Crippen LogP contribution in [0.5, 0.6) is 0 Å². The van der Waals surface area contributed by atoms with Gasteiger partial charge in [0.05, 0.1) is 11.0 Å². The molecule has 0 bridgehead atoms. The molecule has 0 spiro atoms. The summed E-state index contributed by atoms with van der Waals surface area (Å²) in [7, 11) is 0. The summed E-state index contributed by atoms with van der Waals surface area (Å²) in [5.74, 6) is -0.229. The number of halogens is 1. The quantitative estimate of drug-likeness (QED) is 0.149. The summed E-state index contributed by atoms with van der Waals surface area (Å²) >= 11 is 0. The van der Waals surface area contributed by atoms with Crippen LogP contribution in [0.25, 0.3) is 82.8 Å². The number of hydrogen-bond acceptors (Lipinski definition) is 1. The first-order chi connectivity index (χ1) is 30.1. The average molecular weight is 783 g/mol. The highest BCUT2D eigenvalue weighted by Crippen LogP contribution is 2.39. The third kappa shape index (κ3) is 6.82. The first-order valence-corrected chi connectivity index (χ1v) is 20.7. The average Bonchev–Trinajstić information content (AvgIpc) is 3.67. The van der Waals surface area contributed by atoms with E-state index in [2.05, 4.69) is 222 Å². The van der Waals surface area contributed by atoms with Gasteiger partial charge in [0.2, 0.25) is 0 Å². The van der Waals surface area contributed by atoms with Crippen LogP contribution >= 0.6 is 0 Å². The van der Waals surface area contributed by atoms with Gasteiger partial charge in [-0.15, -0.1) is 0 Å². The van der Waals surface area contributed by atoms with Gasteiger partial charge in [0.1, 0.15) is 5.82 Å². The smallest absolute Gasteiger partial charge is 0.123 e. The van der Waals surface area contributed by atoms with Gasteiger partial charge in [0.15, 0.2) is 0 Å². The van der Waals surface area contributed by atoms with E-state index in [0.29, 0.717) is 0 Å². The van der Waals surface area contributed by atoms with Crippen LogP contribution in [-0.4, -0.2) is 4.57 Å². The largest absolute Gasteiger partial charge is 0.311 e. The molecular weight excluding hydrogens is 744 g/mol. The second kappa shape index (κ2) is 15.3. The molecule has 0 unspecified atom stereocenters. The highest BCUT2D eigenvalue weighted by atomic mass is 19.1. The second-order valence-electron chi connectivity index (χ2n) is 15.5. The maximum atomic E-state index is 13.6. The molecule has 0 amide bonds. The fourth-order valence-corrected chi connectivity index (χ4v) is 8.74. The topological polar surface area (TPSA) is 8.17 Å². The molecule has 0 N–H and O–H groups in total. The summed E-state index contributed by atoms with van der Waals surface area (Å²) < 4.78 is 15.9. The monoisotopic (exact) mass is 782 g/mol. The highest BCUT2D eigenvalue weighted by Gasteiger charge is 2.16. The molecule has 11 aromatic rings. The molecule has 0 fully saturated rings. The summed E-state index contributed by atoms with van der Waals surface area (Å²) in [5.41, 5.74) is 15.8. The first kappa shape index (κ1) is 36.1. The van der Waals surface area contributed by atoms with Crippen LogP contribution in [0.2, 0.25) is 0 Å². The van der Waals surface area contributed by atoms with E-state index in [-0.39, 0.29) is 5.82 Å². The van der Waals surface area contributed by atoms with Crippen molar-refractivity contribution in [3.63, 3.8) is 0 Å². The number of aromatic nitrogens is 1. The SMILES string of the molecule is Fc1ccc(-c2ccc(-c3ccc(N(c4ccc(-c5ccc6cc(-c7ccccc7)ccc6c5)cc4)c4ccc(-n5c6ccccc6c6ccccc65)cc4)cc3)cc2)cc1. The van der Waals surface area contributed by atoms with Crippen molar-refractivity contribution >= 4 is 49.6 Å². The molecule has 1 aromatic heterocycles. The van der Waals surface area contributed by atoms with E-state index in [1.807, 2.05) is 12.1 Å². The van der Waals surface area contributed by atoms with Crippen LogP contribution in [0.4, 0.5) is 21.5 Å². The Bertz CT molecular complexity index is 3260. The van der Waals surface area contributed by atoms with Crippen molar-refractivity contribution in [1.29, 1.82) is 0 Å². The lowest BCUT2D eigenvalue weighted by Crippen LogP contribution is -2.10. The zero-order chi connectivity index (χ0) is 40.7. The Morgan fingerprint density at radius 2 is 0.639 bits per heavy atom. The van der Waals surface area contributed by atoms with Crippen LogP contribution in [0.15, 0.2) is 237 Å². The van der Waals surface area contributed by atoms with Crippen LogP contribution in [0.1, 0.15) is 0 Å². The van der Waals surface area contributed by atoms with Gasteiger partial charge in [-0.3, -0.25) is 0 Å². The predicted molar refractivity (Wildman–Crippen MR) is 255 cm³/mol. The van der Waals surface area contributed by atoms with E-state index in [1.165, 1.54) is 67.0 Å². The Balaban J connectivity index is 0.942. The van der Waals surface area contributed by atoms with Gasteiger partial charge in [-0.05, 0) is 140 Å². The van der Waals surface area contributed by atoms with Gasteiger partial charge < -0.3 is 9.47 Å². The summed E-state index contributed by atoms with van der Waals surface area (Å²) in [6.45, 7) is 0. The minimum atomic E-state index is -0.229. The Morgan fingerprint density at radius 3 is 1.11 bits per heavy atom. The third-order valence-corrected chi connectivity index (χ3v) is 11.9. The number of anilines is 3. The van der Waals surface area contributed by atoms with Crippen LogP contribution in [-0.2, 0) is 0 Å². The molecule has 0 atom stereocenters. The molecule has 3 heteroatoms. The predicted octanol–water partition coefficient (Wildman–Crippen LogP) is 16.2. The van der Waals surface area contributed by atoms with E-state index in [9.17, 15) is 4.39 Å². The van der Waals surface area contributed by atoms with Crippen molar-refractivity contribution in [2.24, 2.45) is 0 Å². The lowest BCUT2D eigenvalue weighted by Gasteiger charge is -2.26. The molecule has 10 aromatic carbocycles. The number of fused-ring (bicyclic) bond motifs is 4. The fourth-order valence-electron chi connectivity index (χ4n) is 8.74. The zero-order valence-corrected chi connectivity index (χ0v) is 33.3. The minimum Gasteiger partial charge on any atom is -0.311 e. The van der Waals surface area contributed by atoms with Crippen molar-refractivity contribution in [3.8, 4) is 50.2 Å². The van der Waals surface area contributed by atoms with Crippen molar-refractivity contribution < 1.29 is 4.39 Å².